The molecule has 0 aliphatic carbocycles. The first kappa shape index (κ1) is 13.3. The van der Waals surface area contributed by atoms with Crippen molar-refractivity contribution in [2.24, 2.45) is 5.92 Å². The van der Waals surface area contributed by atoms with E-state index in [9.17, 15) is 4.79 Å². The molecule has 1 aromatic rings. The fourth-order valence-electron chi connectivity index (χ4n) is 2.29. The highest BCUT2D eigenvalue weighted by atomic mass is 32.1. The predicted octanol–water partition coefficient (Wildman–Crippen LogP) is 3.01. The quantitative estimate of drug-likeness (QED) is 0.830. The van der Waals surface area contributed by atoms with Gasteiger partial charge in [0.15, 0.2) is 0 Å². The summed E-state index contributed by atoms with van der Waals surface area (Å²) in [7, 11) is 1.85. The Morgan fingerprint density at radius 3 is 2.78 bits per heavy atom. The highest BCUT2D eigenvalue weighted by Crippen LogP contribution is 2.28. The lowest BCUT2D eigenvalue weighted by Gasteiger charge is -2.36. The Balaban J connectivity index is 2.29. The molecule has 0 saturated heterocycles. The van der Waals surface area contributed by atoms with Crippen LogP contribution < -0.4 is 4.90 Å². The minimum absolute atomic E-state index is 0.0916. The lowest BCUT2D eigenvalue weighted by atomic mass is 10.0. The van der Waals surface area contributed by atoms with Gasteiger partial charge in [-0.05, 0) is 23.3 Å². The number of anilines is 1. The second kappa shape index (κ2) is 5.65. The number of amides is 2. The van der Waals surface area contributed by atoms with Crippen LogP contribution in [0.3, 0.4) is 0 Å². The van der Waals surface area contributed by atoms with Crippen LogP contribution in [0.4, 0.5) is 10.5 Å². The number of para-hydroxylation sites is 1. The molecule has 1 aliphatic rings. The van der Waals surface area contributed by atoms with Crippen molar-refractivity contribution >= 4 is 24.3 Å². The number of rotatable bonds is 4. The second-order valence-corrected chi connectivity index (χ2v) is 5.20. The topological polar surface area (TPSA) is 23.6 Å². The van der Waals surface area contributed by atoms with Gasteiger partial charge in [-0.3, -0.25) is 4.90 Å². The minimum atomic E-state index is 0.0916. The number of nitrogens with zero attached hydrogens (tertiary/aromatic N) is 2. The number of thiol groups is 1. The number of hydrogen-bond donors (Lipinski definition) is 1. The van der Waals surface area contributed by atoms with Gasteiger partial charge in [-0.25, -0.2) is 4.79 Å². The van der Waals surface area contributed by atoms with Crippen LogP contribution in [0.2, 0.25) is 0 Å². The van der Waals surface area contributed by atoms with Crippen LogP contribution in [0.15, 0.2) is 24.3 Å². The van der Waals surface area contributed by atoms with E-state index < -0.39 is 0 Å². The number of fused-ring (bicyclic) bond motifs is 1. The standard InChI is InChI=1S/C14H20N2OS/c1-3-11(10-18)8-16-13-7-5-4-6-12(13)9-15(2)14(16)17/h4-7,11,18H,3,8-10H2,1-2H3. The third-order valence-electron chi connectivity index (χ3n) is 3.52. The molecule has 3 nitrogen and oxygen atoms in total. The predicted molar refractivity (Wildman–Crippen MR) is 78.3 cm³/mol. The summed E-state index contributed by atoms with van der Waals surface area (Å²) in [6.07, 6.45) is 1.04. The minimum Gasteiger partial charge on any atom is -0.323 e. The highest BCUT2D eigenvalue weighted by Gasteiger charge is 2.28. The normalized spacial score (nSPS) is 16.7. The summed E-state index contributed by atoms with van der Waals surface area (Å²) in [5.41, 5.74) is 2.27. The molecule has 0 spiro atoms. The van der Waals surface area contributed by atoms with E-state index in [0.29, 0.717) is 12.5 Å². The van der Waals surface area contributed by atoms with E-state index in [1.165, 1.54) is 5.56 Å². The molecule has 98 valence electrons. The van der Waals surface area contributed by atoms with Crippen LogP contribution in [0.1, 0.15) is 18.9 Å². The van der Waals surface area contributed by atoms with Gasteiger partial charge in [0.25, 0.3) is 0 Å². The lowest BCUT2D eigenvalue weighted by molar-refractivity contribution is 0.209. The van der Waals surface area contributed by atoms with Gasteiger partial charge in [0.2, 0.25) is 0 Å². The van der Waals surface area contributed by atoms with Gasteiger partial charge >= 0.3 is 6.03 Å². The number of hydrogen-bond acceptors (Lipinski definition) is 2. The summed E-state index contributed by atoms with van der Waals surface area (Å²) in [6, 6.07) is 8.23. The Hall–Kier alpha value is -1.16. The van der Waals surface area contributed by atoms with Crippen molar-refractivity contribution < 1.29 is 4.79 Å². The van der Waals surface area contributed by atoms with Crippen molar-refractivity contribution in [3.8, 4) is 0 Å². The summed E-state index contributed by atoms with van der Waals surface area (Å²) in [5.74, 6) is 1.25. The van der Waals surface area contributed by atoms with Gasteiger partial charge < -0.3 is 4.90 Å². The van der Waals surface area contributed by atoms with Crippen molar-refractivity contribution in [3.05, 3.63) is 29.8 Å². The van der Waals surface area contributed by atoms with E-state index in [1.807, 2.05) is 30.1 Å². The SMILES string of the molecule is CCC(CS)CN1C(=O)N(C)Cc2ccccc21. The molecule has 1 heterocycles. The maximum Gasteiger partial charge on any atom is 0.324 e. The van der Waals surface area contributed by atoms with E-state index in [0.717, 1.165) is 24.4 Å². The van der Waals surface area contributed by atoms with Crippen LogP contribution in [0, 0.1) is 5.92 Å². The van der Waals surface area contributed by atoms with Gasteiger partial charge in [-0.2, -0.15) is 12.6 Å². The zero-order chi connectivity index (χ0) is 13.1. The summed E-state index contributed by atoms with van der Waals surface area (Å²) in [6.45, 7) is 3.59. The molecule has 0 aromatic heterocycles. The summed E-state index contributed by atoms with van der Waals surface area (Å²) < 4.78 is 0. The van der Waals surface area contributed by atoms with E-state index >= 15 is 0 Å². The Morgan fingerprint density at radius 1 is 1.39 bits per heavy atom. The summed E-state index contributed by atoms with van der Waals surface area (Å²) >= 11 is 4.37. The van der Waals surface area contributed by atoms with E-state index in [1.54, 1.807) is 4.90 Å². The third kappa shape index (κ3) is 2.48. The average Bonchev–Trinajstić information content (AvgIpc) is 2.40. The molecule has 1 aromatic carbocycles. The van der Waals surface area contributed by atoms with E-state index in [-0.39, 0.29) is 6.03 Å². The molecule has 1 atom stereocenters. The van der Waals surface area contributed by atoms with Gasteiger partial charge in [0.05, 0.1) is 5.69 Å². The number of benzene rings is 1. The molecule has 0 saturated carbocycles. The zero-order valence-electron chi connectivity index (χ0n) is 11.0. The molecule has 2 amide bonds. The molecule has 0 fully saturated rings. The zero-order valence-corrected chi connectivity index (χ0v) is 11.9. The molecular formula is C14H20N2OS. The Kier molecular flexibility index (Phi) is 4.17. The molecule has 1 unspecified atom stereocenters. The van der Waals surface area contributed by atoms with E-state index in [2.05, 4.69) is 25.6 Å². The van der Waals surface area contributed by atoms with Crippen molar-refractivity contribution in [1.82, 2.24) is 4.90 Å². The smallest absolute Gasteiger partial charge is 0.323 e. The molecule has 2 rings (SSSR count). The van der Waals surface area contributed by atoms with Crippen molar-refractivity contribution in [3.63, 3.8) is 0 Å². The van der Waals surface area contributed by atoms with Gasteiger partial charge in [-0.1, -0.05) is 31.5 Å². The van der Waals surface area contributed by atoms with Crippen LogP contribution >= 0.6 is 12.6 Å². The number of carbonyl (C=O) groups is 1. The Morgan fingerprint density at radius 2 is 2.11 bits per heavy atom. The molecular weight excluding hydrogens is 244 g/mol. The van der Waals surface area contributed by atoms with Crippen LogP contribution in [-0.2, 0) is 6.54 Å². The largest absolute Gasteiger partial charge is 0.324 e. The number of carbonyl (C=O) groups excluding carboxylic acids is 1. The Labute approximate surface area is 114 Å². The number of urea groups is 1. The van der Waals surface area contributed by atoms with Gasteiger partial charge in [-0.15, -0.1) is 0 Å². The van der Waals surface area contributed by atoms with Crippen molar-refractivity contribution in [2.75, 3.05) is 24.2 Å². The maximum atomic E-state index is 12.3. The first-order valence-electron chi connectivity index (χ1n) is 6.38. The van der Waals surface area contributed by atoms with Crippen LogP contribution in [0.25, 0.3) is 0 Å². The summed E-state index contributed by atoms with van der Waals surface area (Å²) in [5, 5.41) is 0. The molecule has 0 bridgehead atoms. The third-order valence-corrected chi connectivity index (χ3v) is 4.04. The molecule has 0 radical (unpaired) electrons. The Bertz CT molecular complexity index is 432. The first-order chi connectivity index (χ1) is 8.67. The van der Waals surface area contributed by atoms with Crippen LogP contribution in [0.5, 0.6) is 0 Å². The van der Waals surface area contributed by atoms with E-state index in [4.69, 9.17) is 0 Å². The molecule has 18 heavy (non-hydrogen) atoms. The monoisotopic (exact) mass is 264 g/mol. The summed E-state index contributed by atoms with van der Waals surface area (Å²) in [4.78, 5) is 15.9. The second-order valence-electron chi connectivity index (χ2n) is 4.83. The highest BCUT2D eigenvalue weighted by molar-refractivity contribution is 7.80. The van der Waals surface area contributed by atoms with Gasteiger partial charge in [0.1, 0.15) is 0 Å². The first-order valence-corrected chi connectivity index (χ1v) is 7.02. The van der Waals surface area contributed by atoms with Crippen molar-refractivity contribution in [1.29, 1.82) is 0 Å². The van der Waals surface area contributed by atoms with Gasteiger partial charge in [0, 0.05) is 20.1 Å². The maximum absolute atomic E-state index is 12.3. The van der Waals surface area contributed by atoms with Crippen molar-refractivity contribution in [2.45, 2.75) is 19.9 Å². The molecule has 1 aliphatic heterocycles. The lowest BCUT2D eigenvalue weighted by Crippen LogP contribution is -2.47. The fourth-order valence-corrected chi connectivity index (χ4v) is 2.66. The molecule has 4 heteroatoms. The fraction of sp³-hybridized carbons (Fsp3) is 0.500. The molecule has 0 N–H and O–H groups in total. The average molecular weight is 264 g/mol. The van der Waals surface area contributed by atoms with Crippen LogP contribution in [-0.4, -0.2) is 30.3 Å².